The molecule has 0 aliphatic heterocycles. The number of nitrogens with zero attached hydrogens (tertiary/aromatic N) is 1. The van der Waals surface area contributed by atoms with E-state index in [0.717, 1.165) is 19.6 Å². The van der Waals surface area contributed by atoms with Crippen molar-refractivity contribution in [3.8, 4) is 11.5 Å². The number of sulfonamides is 1. The molecule has 0 bridgehead atoms. The molecular formula is C16H28N2O5S. The number of nitrogens with one attached hydrogen (secondary N) is 1. The van der Waals surface area contributed by atoms with Gasteiger partial charge in [-0.05, 0) is 25.2 Å². The second-order valence-electron chi connectivity index (χ2n) is 5.05. The summed E-state index contributed by atoms with van der Waals surface area (Å²) in [5.74, 6) is 0.773. The van der Waals surface area contributed by atoms with E-state index in [-0.39, 0.29) is 17.2 Å². The van der Waals surface area contributed by atoms with Crippen molar-refractivity contribution in [3.63, 3.8) is 0 Å². The summed E-state index contributed by atoms with van der Waals surface area (Å²) in [5.41, 5.74) is 0. The summed E-state index contributed by atoms with van der Waals surface area (Å²) in [6.45, 7) is 8.09. The van der Waals surface area contributed by atoms with Gasteiger partial charge in [0, 0.05) is 19.2 Å². The maximum absolute atomic E-state index is 12.3. The Balaban J connectivity index is 2.50. The molecule has 0 saturated carbocycles. The van der Waals surface area contributed by atoms with Crippen LogP contribution in [0.1, 0.15) is 13.8 Å². The van der Waals surface area contributed by atoms with Gasteiger partial charge < -0.3 is 19.1 Å². The van der Waals surface area contributed by atoms with Gasteiger partial charge in [-0.2, -0.15) is 0 Å². The predicted molar refractivity (Wildman–Crippen MR) is 93.3 cm³/mol. The molecule has 8 heteroatoms. The highest BCUT2D eigenvalue weighted by Gasteiger charge is 2.19. The van der Waals surface area contributed by atoms with Gasteiger partial charge in [-0.3, -0.25) is 0 Å². The minimum absolute atomic E-state index is 0.0777. The second-order valence-corrected chi connectivity index (χ2v) is 6.79. The number of hydrogen-bond acceptors (Lipinski definition) is 6. The maximum atomic E-state index is 12.3. The van der Waals surface area contributed by atoms with Crippen molar-refractivity contribution in [1.29, 1.82) is 0 Å². The third kappa shape index (κ3) is 6.27. The lowest BCUT2D eigenvalue weighted by Gasteiger charge is -2.17. The summed E-state index contributed by atoms with van der Waals surface area (Å²) in [5, 5.41) is 0. The molecule has 0 amide bonds. The highest BCUT2D eigenvalue weighted by molar-refractivity contribution is 7.89. The van der Waals surface area contributed by atoms with E-state index in [1.165, 1.54) is 26.4 Å². The minimum Gasteiger partial charge on any atom is -0.497 e. The summed E-state index contributed by atoms with van der Waals surface area (Å²) < 4.78 is 42.9. The average molecular weight is 360 g/mol. The number of ether oxygens (including phenoxy) is 3. The van der Waals surface area contributed by atoms with Crippen molar-refractivity contribution in [3.05, 3.63) is 18.2 Å². The zero-order valence-corrected chi connectivity index (χ0v) is 15.7. The van der Waals surface area contributed by atoms with Gasteiger partial charge in [0.15, 0.2) is 0 Å². The van der Waals surface area contributed by atoms with Gasteiger partial charge in [-0.1, -0.05) is 13.8 Å². The van der Waals surface area contributed by atoms with Crippen molar-refractivity contribution in [1.82, 2.24) is 9.62 Å². The summed E-state index contributed by atoms with van der Waals surface area (Å²) in [6, 6.07) is 4.58. The van der Waals surface area contributed by atoms with E-state index in [1.54, 1.807) is 6.07 Å². The van der Waals surface area contributed by atoms with Crippen LogP contribution in [-0.2, 0) is 14.8 Å². The Morgan fingerprint density at radius 1 is 1.08 bits per heavy atom. The quantitative estimate of drug-likeness (QED) is 0.567. The van der Waals surface area contributed by atoms with Crippen molar-refractivity contribution in [2.45, 2.75) is 18.7 Å². The van der Waals surface area contributed by atoms with Crippen LogP contribution >= 0.6 is 0 Å². The molecular weight excluding hydrogens is 332 g/mol. The molecule has 0 spiro atoms. The van der Waals surface area contributed by atoms with Crippen LogP contribution in [0.15, 0.2) is 23.1 Å². The normalized spacial score (nSPS) is 11.7. The molecule has 0 aliphatic carbocycles. The summed E-state index contributed by atoms with van der Waals surface area (Å²) >= 11 is 0. The molecule has 0 unspecified atom stereocenters. The van der Waals surface area contributed by atoms with Gasteiger partial charge in [-0.25, -0.2) is 13.1 Å². The van der Waals surface area contributed by atoms with Gasteiger partial charge in [-0.15, -0.1) is 0 Å². The average Bonchev–Trinajstić information content (AvgIpc) is 2.60. The van der Waals surface area contributed by atoms with Crippen molar-refractivity contribution < 1.29 is 22.6 Å². The monoisotopic (exact) mass is 360 g/mol. The first-order chi connectivity index (χ1) is 11.5. The van der Waals surface area contributed by atoms with Gasteiger partial charge in [0.05, 0.1) is 27.4 Å². The van der Waals surface area contributed by atoms with E-state index in [4.69, 9.17) is 14.2 Å². The van der Waals surface area contributed by atoms with Gasteiger partial charge >= 0.3 is 0 Å². The van der Waals surface area contributed by atoms with Crippen LogP contribution < -0.4 is 14.2 Å². The minimum atomic E-state index is -3.66. The molecule has 0 heterocycles. The summed E-state index contributed by atoms with van der Waals surface area (Å²) in [4.78, 5) is 2.32. The van der Waals surface area contributed by atoms with Crippen LogP contribution in [0, 0.1) is 0 Å². The Morgan fingerprint density at radius 2 is 1.79 bits per heavy atom. The fourth-order valence-corrected chi connectivity index (χ4v) is 3.32. The van der Waals surface area contributed by atoms with E-state index in [9.17, 15) is 8.42 Å². The highest BCUT2D eigenvalue weighted by atomic mass is 32.2. The smallest absolute Gasteiger partial charge is 0.244 e. The molecule has 1 N–H and O–H groups in total. The lowest BCUT2D eigenvalue weighted by atomic mass is 10.3. The van der Waals surface area contributed by atoms with E-state index in [0.29, 0.717) is 19.0 Å². The Bertz CT molecular complexity index is 588. The first-order valence-electron chi connectivity index (χ1n) is 8.00. The van der Waals surface area contributed by atoms with Crippen LogP contribution in [0.2, 0.25) is 0 Å². The molecule has 24 heavy (non-hydrogen) atoms. The van der Waals surface area contributed by atoms with Crippen molar-refractivity contribution >= 4 is 10.0 Å². The zero-order chi connectivity index (χ0) is 18.0. The molecule has 138 valence electrons. The van der Waals surface area contributed by atoms with Crippen LogP contribution in [0.5, 0.6) is 11.5 Å². The largest absolute Gasteiger partial charge is 0.497 e. The topological polar surface area (TPSA) is 77.1 Å². The summed E-state index contributed by atoms with van der Waals surface area (Å²) in [6.07, 6.45) is 0. The van der Waals surface area contributed by atoms with Crippen molar-refractivity contribution in [2.75, 3.05) is 53.6 Å². The van der Waals surface area contributed by atoms with Crippen LogP contribution in [0.4, 0.5) is 0 Å². The Kier molecular flexibility index (Phi) is 9.05. The number of likely N-dealkylation sites (N-methyl/N-ethyl adjacent to an activating group) is 1. The molecule has 0 aromatic heterocycles. The molecule has 0 saturated heterocycles. The lowest BCUT2D eigenvalue weighted by molar-refractivity contribution is 0.111. The van der Waals surface area contributed by atoms with Gasteiger partial charge in [0.1, 0.15) is 16.4 Å². The first-order valence-corrected chi connectivity index (χ1v) is 9.48. The summed E-state index contributed by atoms with van der Waals surface area (Å²) in [7, 11) is -0.730. The number of rotatable bonds is 12. The SMILES string of the molecule is CCN(CC)CCOCCNS(=O)(=O)c1ccc(OC)cc1OC. The Labute approximate surface area is 144 Å². The third-order valence-corrected chi connectivity index (χ3v) is 5.15. The number of hydrogen-bond donors (Lipinski definition) is 1. The van der Waals surface area contributed by atoms with Gasteiger partial charge in [0.25, 0.3) is 0 Å². The molecule has 1 aromatic carbocycles. The molecule has 7 nitrogen and oxygen atoms in total. The molecule has 1 aromatic rings. The van der Waals surface area contributed by atoms with Crippen LogP contribution in [0.25, 0.3) is 0 Å². The highest BCUT2D eigenvalue weighted by Crippen LogP contribution is 2.28. The second kappa shape index (κ2) is 10.5. The third-order valence-electron chi connectivity index (χ3n) is 3.65. The standard InChI is InChI=1S/C16H28N2O5S/c1-5-18(6-2)10-12-23-11-9-17-24(19,20)16-8-7-14(21-3)13-15(16)22-4/h7-8,13,17H,5-6,9-12H2,1-4H3. The predicted octanol–water partition coefficient (Wildman–Crippen LogP) is 1.34. The molecule has 0 radical (unpaired) electrons. The number of benzene rings is 1. The number of methoxy groups -OCH3 is 2. The fourth-order valence-electron chi connectivity index (χ4n) is 2.16. The van der Waals surface area contributed by atoms with Gasteiger partial charge in [0.2, 0.25) is 10.0 Å². The Hall–Kier alpha value is -1.35. The van der Waals surface area contributed by atoms with E-state index < -0.39 is 10.0 Å². The van der Waals surface area contributed by atoms with E-state index in [2.05, 4.69) is 23.5 Å². The maximum Gasteiger partial charge on any atom is 0.244 e. The van der Waals surface area contributed by atoms with E-state index >= 15 is 0 Å². The molecule has 0 atom stereocenters. The lowest BCUT2D eigenvalue weighted by Crippen LogP contribution is -2.30. The zero-order valence-electron chi connectivity index (χ0n) is 14.9. The molecule has 0 fully saturated rings. The van der Waals surface area contributed by atoms with E-state index in [1.807, 2.05) is 0 Å². The molecule has 0 aliphatic rings. The fraction of sp³-hybridized carbons (Fsp3) is 0.625. The first kappa shape index (κ1) is 20.7. The Morgan fingerprint density at radius 3 is 2.38 bits per heavy atom. The van der Waals surface area contributed by atoms with Crippen molar-refractivity contribution in [2.24, 2.45) is 0 Å². The van der Waals surface area contributed by atoms with Crippen LogP contribution in [0.3, 0.4) is 0 Å². The van der Waals surface area contributed by atoms with Crippen LogP contribution in [-0.4, -0.2) is 66.9 Å². The molecule has 1 rings (SSSR count).